The van der Waals surface area contributed by atoms with Gasteiger partial charge in [0.2, 0.25) is 0 Å². The SMILES string of the molecule is CCOc1ccc(C(N)Cc2cnn(C)c2)cc1OCC. The van der Waals surface area contributed by atoms with Crippen molar-refractivity contribution in [1.82, 2.24) is 9.78 Å². The van der Waals surface area contributed by atoms with Gasteiger partial charge in [-0.05, 0) is 43.5 Å². The first-order valence-electron chi connectivity index (χ1n) is 7.26. The van der Waals surface area contributed by atoms with Gasteiger partial charge < -0.3 is 15.2 Å². The summed E-state index contributed by atoms with van der Waals surface area (Å²) in [5.74, 6) is 1.51. The molecule has 2 N–H and O–H groups in total. The van der Waals surface area contributed by atoms with E-state index in [4.69, 9.17) is 15.2 Å². The van der Waals surface area contributed by atoms with E-state index in [1.165, 1.54) is 0 Å². The maximum absolute atomic E-state index is 6.29. The van der Waals surface area contributed by atoms with Crippen molar-refractivity contribution in [3.8, 4) is 11.5 Å². The predicted octanol–water partition coefficient (Wildman–Crippen LogP) is 2.46. The lowest BCUT2D eigenvalue weighted by molar-refractivity contribution is 0.287. The highest BCUT2D eigenvalue weighted by Crippen LogP contribution is 2.31. The molecule has 0 amide bonds. The Morgan fingerprint density at radius 3 is 2.52 bits per heavy atom. The van der Waals surface area contributed by atoms with Crippen LogP contribution in [0.15, 0.2) is 30.6 Å². The highest BCUT2D eigenvalue weighted by Gasteiger charge is 2.12. The smallest absolute Gasteiger partial charge is 0.161 e. The average Bonchev–Trinajstić information content (AvgIpc) is 2.86. The van der Waals surface area contributed by atoms with Crippen LogP contribution in [-0.4, -0.2) is 23.0 Å². The number of rotatable bonds is 7. The second-order valence-corrected chi connectivity index (χ2v) is 4.91. The number of aryl methyl sites for hydroxylation is 1. The van der Waals surface area contributed by atoms with Crippen molar-refractivity contribution in [2.45, 2.75) is 26.3 Å². The Labute approximate surface area is 125 Å². The zero-order valence-electron chi connectivity index (χ0n) is 12.9. The minimum Gasteiger partial charge on any atom is -0.490 e. The number of hydrogen-bond acceptors (Lipinski definition) is 4. The molecule has 2 aromatic rings. The average molecular weight is 289 g/mol. The standard InChI is InChI=1S/C16H23N3O2/c1-4-20-15-7-6-13(9-16(15)21-5-2)14(17)8-12-10-18-19(3)11-12/h6-7,9-11,14H,4-5,8,17H2,1-3H3. The lowest BCUT2D eigenvalue weighted by Crippen LogP contribution is -2.13. The Morgan fingerprint density at radius 2 is 1.90 bits per heavy atom. The second-order valence-electron chi connectivity index (χ2n) is 4.91. The molecule has 0 bridgehead atoms. The van der Waals surface area contributed by atoms with Crippen molar-refractivity contribution in [2.75, 3.05) is 13.2 Å². The first-order chi connectivity index (χ1) is 10.1. The van der Waals surface area contributed by atoms with Gasteiger partial charge >= 0.3 is 0 Å². The minimum absolute atomic E-state index is 0.0934. The molecule has 2 rings (SSSR count). The van der Waals surface area contributed by atoms with Gasteiger partial charge in [0.25, 0.3) is 0 Å². The predicted molar refractivity (Wildman–Crippen MR) is 82.6 cm³/mol. The van der Waals surface area contributed by atoms with Crippen molar-refractivity contribution < 1.29 is 9.47 Å². The van der Waals surface area contributed by atoms with Gasteiger partial charge in [0.05, 0.1) is 19.4 Å². The topological polar surface area (TPSA) is 62.3 Å². The third kappa shape index (κ3) is 3.98. The maximum atomic E-state index is 6.29. The Hall–Kier alpha value is -2.01. The van der Waals surface area contributed by atoms with Crippen LogP contribution in [0.25, 0.3) is 0 Å². The molecular formula is C16H23N3O2. The molecule has 5 heteroatoms. The minimum atomic E-state index is -0.0934. The summed E-state index contributed by atoms with van der Waals surface area (Å²) in [7, 11) is 1.90. The highest BCUT2D eigenvalue weighted by molar-refractivity contribution is 5.44. The number of nitrogens with zero attached hydrogens (tertiary/aromatic N) is 2. The van der Waals surface area contributed by atoms with E-state index >= 15 is 0 Å². The van der Waals surface area contributed by atoms with Crippen LogP contribution in [0, 0.1) is 0 Å². The fourth-order valence-corrected chi connectivity index (χ4v) is 2.25. The molecule has 5 nitrogen and oxygen atoms in total. The van der Waals surface area contributed by atoms with Crippen LogP contribution < -0.4 is 15.2 Å². The second kappa shape index (κ2) is 7.13. The normalized spacial score (nSPS) is 12.2. The van der Waals surface area contributed by atoms with Crippen LogP contribution >= 0.6 is 0 Å². The summed E-state index contributed by atoms with van der Waals surface area (Å²) in [6.45, 7) is 5.12. The molecule has 1 unspecified atom stereocenters. The molecule has 0 saturated heterocycles. The zero-order chi connectivity index (χ0) is 15.2. The van der Waals surface area contributed by atoms with Crippen LogP contribution in [0.4, 0.5) is 0 Å². The van der Waals surface area contributed by atoms with E-state index in [-0.39, 0.29) is 6.04 Å². The van der Waals surface area contributed by atoms with Gasteiger partial charge in [-0.2, -0.15) is 5.10 Å². The highest BCUT2D eigenvalue weighted by atomic mass is 16.5. The lowest BCUT2D eigenvalue weighted by Gasteiger charge is -2.16. The number of nitrogens with two attached hydrogens (primary N) is 1. The molecule has 0 aliphatic heterocycles. The van der Waals surface area contributed by atoms with Gasteiger partial charge in [-0.15, -0.1) is 0 Å². The molecule has 0 aliphatic rings. The Morgan fingerprint density at radius 1 is 1.19 bits per heavy atom. The quantitative estimate of drug-likeness (QED) is 0.850. The largest absolute Gasteiger partial charge is 0.490 e. The molecule has 1 atom stereocenters. The summed E-state index contributed by atoms with van der Waals surface area (Å²) in [5.41, 5.74) is 8.45. The van der Waals surface area contributed by atoms with Gasteiger partial charge in [0.15, 0.2) is 11.5 Å². The molecular weight excluding hydrogens is 266 g/mol. The summed E-state index contributed by atoms with van der Waals surface area (Å²) < 4.78 is 13.0. The van der Waals surface area contributed by atoms with Crippen molar-refractivity contribution in [1.29, 1.82) is 0 Å². The van der Waals surface area contributed by atoms with E-state index in [9.17, 15) is 0 Å². The molecule has 0 radical (unpaired) electrons. The summed E-state index contributed by atoms with van der Waals surface area (Å²) in [6, 6.07) is 5.79. The molecule has 1 aromatic heterocycles. The molecule has 1 aromatic carbocycles. The fraction of sp³-hybridized carbons (Fsp3) is 0.438. The van der Waals surface area contributed by atoms with Crippen LogP contribution in [0.2, 0.25) is 0 Å². The van der Waals surface area contributed by atoms with Gasteiger partial charge in [-0.25, -0.2) is 0 Å². The van der Waals surface area contributed by atoms with Gasteiger partial charge in [-0.1, -0.05) is 6.07 Å². The van der Waals surface area contributed by atoms with E-state index in [1.807, 2.05) is 51.5 Å². The maximum Gasteiger partial charge on any atom is 0.161 e. The molecule has 21 heavy (non-hydrogen) atoms. The first kappa shape index (κ1) is 15.4. The molecule has 0 fully saturated rings. The van der Waals surface area contributed by atoms with Gasteiger partial charge in [-0.3, -0.25) is 4.68 Å². The number of benzene rings is 1. The number of hydrogen-bond donors (Lipinski definition) is 1. The third-order valence-corrected chi connectivity index (χ3v) is 3.21. The molecule has 0 spiro atoms. The van der Waals surface area contributed by atoms with Gasteiger partial charge in [0.1, 0.15) is 0 Å². The van der Waals surface area contributed by atoms with E-state index in [0.717, 1.165) is 29.0 Å². The number of aromatic nitrogens is 2. The van der Waals surface area contributed by atoms with E-state index in [0.29, 0.717) is 13.2 Å². The third-order valence-electron chi connectivity index (χ3n) is 3.21. The van der Waals surface area contributed by atoms with Crippen LogP contribution in [0.5, 0.6) is 11.5 Å². The Kier molecular flexibility index (Phi) is 5.22. The van der Waals surface area contributed by atoms with Crippen molar-refractivity contribution >= 4 is 0 Å². The van der Waals surface area contributed by atoms with Crippen molar-refractivity contribution in [2.24, 2.45) is 12.8 Å². The molecule has 0 saturated carbocycles. The van der Waals surface area contributed by atoms with Crippen molar-refractivity contribution in [3.63, 3.8) is 0 Å². The zero-order valence-corrected chi connectivity index (χ0v) is 12.9. The van der Waals surface area contributed by atoms with Crippen LogP contribution in [0.3, 0.4) is 0 Å². The van der Waals surface area contributed by atoms with Crippen LogP contribution in [0.1, 0.15) is 31.0 Å². The summed E-state index contributed by atoms with van der Waals surface area (Å²) >= 11 is 0. The molecule has 1 heterocycles. The summed E-state index contributed by atoms with van der Waals surface area (Å²) in [5, 5.41) is 4.17. The Balaban J connectivity index is 2.16. The molecule has 114 valence electrons. The summed E-state index contributed by atoms with van der Waals surface area (Å²) in [4.78, 5) is 0. The van der Waals surface area contributed by atoms with E-state index in [2.05, 4.69) is 5.10 Å². The summed E-state index contributed by atoms with van der Waals surface area (Å²) in [6.07, 6.45) is 4.57. The fourth-order valence-electron chi connectivity index (χ4n) is 2.25. The van der Waals surface area contributed by atoms with Crippen molar-refractivity contribution in [3.05, 3.63) is 41.7 Å². The van der Waals surface area contributed by atoms with Gasteiger partial charge in [0, 0.05) is 19.3 Å². The van der Waals surface area contributed by atoms with E-state index < -0.39 is 0 Å². The first-order valence-corrected chi connectivity index (χ1v) is 7.26. The Bertz CT molecular complexity index is 581. The lowest BCUT2D eigenvalue weighted by atomic mass is 10.0. The van der Waals surface area contributed by atoms with Crippen LogP contribution in [-0.2, 0) is 13.5 Å². The monoisotopic (exact) mass is 289 g/mol. The molecule has 0 aliphatic carbocycles. The number of ether oxygens (including phenoxy) is 2. The van der Waals surface area contributed by atoms with E-state index in [1.54, 1.807) is 4.68 Å².